The molecule has 0 saturated carbocycles. The molecule has 0 bridgehead atoms. The molecule has 0 N–H and O–H groups in total. The van der Waals surface area contributed by atoms with E-state index in [1.807, 2.05) is 30.9 Å². The predicted molar refractivity (Wildman–Crippen MR) is 80.0 cm³/mol. The summed E-state index contributed by atoms with van der Waals surface area (Å²) in [4.78, 5) is 2.17. The number of nitriles is 1. The molecule has 1 rings (SSSR count). The third kappa shape index (κ3) is 3.65. The number of halogens is 1. The largest absolute Gasteiger partial charge is 0.370 e. The summed E-state index contributed by atoms with van der Waals surface area (Å²) in [7, 11) is 2.05. The van der Waals surface area contributed by atoms with Crippen LogP contribution in [0.2, 0.25) is 0 Å². The molecule has 1 aromatic rings. The van der Waals surface area contributed by atoms with Gasteiger partial charge < -0.3 is 4.90 Å². The zero-order chi connectivity index (χ0) is 12.8. The van der Waals surface area contributed by atoms with E-state index in [1.165, 1.54) is 0 Å². The maximum Gasteiger partial charge on any atom is 0.101 e. The first-order valence-corrected chi connectivity index (χ1v) is 7.96. The molecular weight excluding hydrogens is 296 g/mol. The molecule has 0 fully saturated rings. The minimum absolute atomic E-state index is 0.423. The van der Waals surface area contributed by atoms with E-state index >= 15 is 0 Å². The number of alkyl halides is 1. The van der Waals surface area contributed by atoms with Gasteiger partial charge in [-0.2, -0.15) is 17.0 Å². The van der Waals surface area contributed by atoms with E-state index in [4.69, 9.17) is 0 Å². The summed E-state index contributed by atoms with van der Waals surface area (Å²) in [6.07, 6.45) is 2.10. The minimum Gasteiger partial charge on any atom is -0.370 e. The average molecular weight is 313 g/mol. The molecule has 0 amide bonds. The normalized spacial score (nSPS) is 11.9. The Morgan fingerprint density at radius 2 is 2.24 bits per heavy atom. The number of hydrogen-bond donors (Lipinski definition) is 0. The van der Waals surface area contributed by atoms with Crippen molar-refractivity contribution in [3.05, 3.63) is 29.3 Å². The summed E-state index contributed by atoms with van der Waals surface area (Å²) in [6, 6.07) is 8.75. The van der Waals surface area contributed by atoms with Crippen molar-refractivity contribution in [1.29, 1.82) is 5.26 Å². The molecule has 0 spiro atoms. The molecule has 0 heterocycles. The fraction of sp³-hybridized carbons (Fsp3) is 0.462. The van der Waals surface area contributed by atoms with Crippen LogP contribution < -0.4 is 4.90 Å². The Kier molecular flexibility index (Phi) is 5.87. The van der Waals surface area contributed by atoms with Gasteiger partial charge in [0, 0.05) is 24.2 Å². The molecule has 1 unspecified atom stereocenters. The fourth-order valence-corrected chi connectivity index (χ4v) is 2.71. The summed E-state index contributed by atoms with van der Waals surface area (Å²) in [6.45, 7) is 2.18. The van der Waals surface area contributed by atoms with Gasteiger partial charge in [-0.3, -0.25) is 0 Å². The van der Waals surface area contributed by atoms with Gasteiger partial charge in [-0.05, 0) is 30.9 Å². The van der Waals surface area contributed by atoms with E-state index in [0.717, 1.165) is 27.9 Å². The molecule has 0 aliphatic heterocycles. The molecule has 0 aliphatic carbocycles. The molecule has 0 radical (unpaired) electrons. The summed E-state index contributed by atoms with van der Waals surface area (Å²) in [5.41, 5.74) is 2.90. The van der Waals surface area contributed by atoms with Crippen molar-refractivity contribution >= 4 is 33.4 Å². The molecule has 92 valence electrons. The van der Waals surface area contributed by atoms with Crippen LogP contribution in [-0.2, 0) is 5.33 Å². The lowest BCUT2D eigenvalue weighted by atomic mass is 10.1. The zero-order valence-electron chi connectivity index (χ0n) is 10.4. The highest BCUT2D eigenvalue weighted by molar-refractivity contribution is 9.08. The Balaban J connectivity index is 3.01. The molecule has 1 atom stereocenters. The molecule has 0 aliphatic rings. The third-order valence-electron chi connectivity index (χ3n) is 2.78. The maximum atomic E-state index is 9.20. The second-order valence-corrected chi connectivity index (χ2v) is 5.48. The predicted octanol–water partition coefficient (Wildman–Crippen LogP) is 3.64. The second-order valence-electron chi connectivity index (χ2n) is 4.01. The van der Waals surface area contributed by atoms with Crippen LogP contribution in [0.4, 0.5) is 5.69 Å². The first-order valence-electron chi connectivity index (χ1n) is 5.44. The number of anilines is 1. The van der Waals surface area contributed by atoms with Gasteiger partial charge in [0.25, 0.3) is 0 Å². The van der Waals surface area contributed by atoms with Crippen molar-refractivity contribution in [3.8, 4) is 6.07 Å². The van der Waals surface area contributed by atoms with E-state index in [9.17, 15) is 5.26 Å². The highest BCUT2D eigenvalue weighted by Crippen LogP contribution is 2.23. The monoisotopic (exact) mass is 312 g/mol. The second kappa shape index (κ2) is 6.93. The van der Waals surface area contributed by atoms with Crippen molar-refractivity contribution in [2.24, 2.45) is 0 Å². The lowest BCUT2D eigenvalue weighted by Gasteiger charge is -2.27. The average Bonchev–Trinajstić information content (AvgIpc) is 2.37. The maximum absolute atomic E-state index is 9.20. The molecular formula is C13H17BrN2S. The number of hydrogen-bond acceptors (Lipinski definition) is 3. The van der Waals surface area contributed by atoms with E-state index in [2.05, 4.69) is 46.1 Å². The first-order chi connectivity index (χ1) is 8.13. The van der Waals surface area contributed by atoms with Crippen LogP contribution in [0.1, 0.15) is 18.1 Å². The van der Waals surface area contributed by atoms with Crippen molar-refractivity contribution in [1.82, 2.24) is 0 Å². The van der Waals surface area contributed by atoms with E-state index < -0.39 is 0 Å². The van der Waals surface area contributed by atoms with Crippen molar-refractivity contribution in [2.45, 2.75) is 18.3 Å². The van der Waals surface area contributed by atoms with Gasteiger partial charge in [0.15, 0.2) is 0 Å². The number of benzene rings is 1. The Morgan fingerprint density at radius 1 is 1.53 bits per heavy atom. The van der Waals surface area contributed by atoms with E-state index in [1.54, 1.807) is 0 Å². The SMILES string of the molecule is CSCC(C)N(C)c1ccc(CBr)cc1C#N. The number of nitrogens with zero attached hydrogens (tertiary/aromatic N) is 2. The van der Waals surface area contributed by atoms with Crippen molar-refractivity contribution in [3.63, 3.8) is 0 Å². The van der Waals surface area contributed by atoms with Crippen LogP contribution in [0.25, 0.3) is 0 Å². The lowest BCUT2D eigenvalue weighted by Crippen LogP contribution is -2.31. The lowest BCUT2D eigenvalue weighted by molar-refractivity contribution is 0.764. The number of rotatable bonds is 5. The molecule has 0 aromatic heterocycles. The van der Waals surface area contributed by atoms with Crippen molar-refractivity contribution < 1.29 is 0 Å². The fourth-order valence-electron chi connectivity index (χ4n) is 1.65. The van der Waals surface area contributed by atoms with Crippen molar-refractivity contribution in [2.75, 3.05) is 24.0 Å². The summed E-state index contributed by atoms with van der Waals surface area (Å²) in [5, 5.41) is 9.99. The van der Waals surface area contributed by atoms with Gasteiger partial charge in [0.1, 0.15) is 6.07 Å². The molecule has 1 aromatic carbocycles. The standard InChI is InChI=1S/C13H17BrN2S/c1-10(9-17-3)16(2)13-5-4-11(7-14)6-12(13)8-15/h4-6,10H,7,9H2,1-3H3. The number of thioether (sulfide) groups is 1. The molecule has 17 heavy (non-hydrogen) atoms. The van der Waals surface area contributed by atoms with Crippen LogP contribution >= 0.6 is 27.7 Å². The van der Waals surface area contributed by atoms with Crippen LogP contribution in [0.15, 0.2) is 18.2 Å². The van der Waals surface area contributed by atoms with Gasteiger partial charge >= 0.3 is 0 Å². The molecule has 4 heteroatoms. The van der Waals surface area contributed by atoms with Gasteiger partial charge in [-0.1, -0.05) is 22.0 Å². The summed E-state index contributed by atoms with van der Waals surface area (Å²) >= 11 is 5.23. The van der Waals surface area contributed by atoms with E-state index in [-0.39, 0.29) is 0 Å². The first kappa shape index (κ1) is 14.4. The highest BCUT2D eigenvalue weighted by atomic mass is 79.9. The van der Waals surface area contributed by atoms with Crippen LogP contribution in [0, 0.1) is 11.3 Å². The molecule has 0 saturated heterocycles. The van der Waals surface area contributed by atoms with Gasteiger partial charge in [0.05, 0.1) is 11.3 Å². The third-order valence-corrected chi connectivity index (χ3v) is 4.25. The zero-order valence-corrected chi connectivity index (χ0v) is 12.8. The highest BCUT2D eigenvalue weighted by Gasteiger charge is 2.13. The Hall–Kier alpha value is -0.660. The Bertz CT molecular complexity index is 414. The Morgan fingerprint density at radius 3 is 2.76 bits per heavy atom. The van der Waals surface area contributed by atoms with Gasteiger partial charge in [0.2, 0.25) is 0 Å². The quantitative estimate of drug-likeness (QED) is 0.777. The van der Waals surface area contributed by atoms with Gasteiger partial charge in [-0.25, -0.2) is 0 Å². The topological polar surface area (TPSA) is 27.0 Å². The van der Waals surface area contributed by atoms with E-state index in [0.29, 0.717) is 6.04 Å². The smallest absolute Gasteiger partial charge is 0.101 e. The summed E-state index contributed by atoms with van der Waals surface area (Å²) < 4.78 is 0. The summed E-state index contributed by atoms with van der Waals surface area (Å²) in [5.74, 6) is 1.06. The van der Waals surface area contributed by atoms with Gasteiger partial charge in [-0.15, -0.1) is 0 Å². The van der Waals surface area contributed by atoms with Crippen LogP contribution in [0.5, 0.6) is 0 Å². The Labute approximate surface area is 116 Å². The van der Waals surface area contributed by atoms with Crippen LogP contribution in [-0.4, -0.2) is 25.1 Å². The molecule has 2 nitrogen and oxygen atoms in total. The van der Waals surface area contributed by atoms with Crippen LogP contribution in [0.3, 0.4) is 0 Å². The minimum atomic E-state index is 0.423.